The lowest BCUT2D eigenvalue weighted by molar-refractivity contribution is 0.895. The van der Waals surface area contributed by atoms with Crippen LogP contribution in [0.1, 0.15) is 11.3 Å². The molecule has 0 aliphatic heterocycles. The lowest BCUT2D eigenvalue weighted by atomic mass is 10.2. The summed E-state index contributed by atoms with van der Waals surface area (Å²) in [6, 6.07) is 0. The van der Waals surface area contributed by atoms with Gasteiger partial charge in [-0.2, -0.15) is 5.10 Å². The maximum Gasteiger partial charge on any atom is 0.0519 e. The topological polar surface area (TPSA) is 54.7 Å². The number of hydrogen-bond acceptors (Lipinski definition) is 2. The molecule has 0 aliphatic rings. The van der Waals surface area contributed by atoms with Gasteiger partial charge in [0.05, 0.1) is 6.20 Å². The maximum atomic E-state index is 5.34. The highest BCUT2D eigenvalue weighted by atomic mass is 35.5. The molecule has 0 fully saturated rings. The van der Waals surface area contributed by atoms with E-state index in [2.05, 4.69) is 10.2 Å². The number of aromatic amines is 1. The summed E-state index contributed by atoms with van der Waals surface area (Å²) >= 11 is 0. The fourth-order valence-corrected chi connectivity index (χ4v) is 0.771. The number of nitrogens with zero attached hydrogens (tertiary/aromatic N) is 1. The first-order valence-corrected chi connectivity index (χ1v) is 3.03. The van der Waals surface area contributed by atoms with E-state index in [-0.39, 0.29) is 24.8 Å². The molecule has 1 rings (SSSR count). The van der Waals surface area contributed by atoms with Crippen LogP contribution in [0.2, 0.25) is 0 Å². The number of nitrogens with one attached hydrogen (secondary N) is 1. The van der Waals surface area contributed by atoms with Crippen molar-refractivity contribution in [2.24, 2.45) is 5.73 Å². The molecule has 5 heteroatoms. The second-order valence-corrected chi connectivity index (χ2v) is 2.07. The Morgan fingerprint density at radius 1 is 1.55 bits per heavy atom. The van der Waals surface area contributed by atoms with Gasteiger partial charge < -0.3 is 5.73 Å². The number of H-pyrrole nitrogens is 1. The lowest BCUT2D eigenvalue weighted by Gasteiger charge is -1.91. The van der Waals surface area contributed by atoms with E-state index in [1.165, 1.54) is 5.56 Å². The molecule has 0 amide bonds. The van der Waals surface area contributed by atoms with Gasteiger partial charge in [0.15, 0.2) is 0 Å². The third kappa shape index (κ3) is 3.60. The molecule has 0 unspecified atom stereocenters. The first kappa shape index (κ1) is 13.3. The molecule has 0 aliphatic carbocycles. The van der Waals surface area contributed by atoms with Crippen LogP contribution < -0.4 is 5.73 Å². The third-order valence-electron chi connectivity index (χ3n) is 1.33. The van der Waals surface area contributed by atoms with Crippen LogP contribution in [0.5, 0.6) is 0 Å². The molecule has 3 N–H and O–H groups in total. The molecule has 0 aromatic carbocycles. The fourth-order valence-electron chi connectivity index (χ4n) is 0.771. The smallest absolute Gasteiger partial charge is 0.0519 e. The van der Waals surface area contributed by atoms with Crippen molar-refractivity contribution in [3.8, 4) is 0 Å². The summed E-state index contributed by atoms with van der Waals surface area (Å²) in [4.78, 5) is 0. The lowest BCUT2D eigenvalue weighted by Crippen LogP contribution is -2.03. The Hall–Kier alpha value is -0.250. The van der Waals surface area contributed by atoms with Crippen LogP contribution in [0.4, 0.5) is 0 Å². The van der Waals surface area contributed by atoms with E-state index in [4.69, 9.17) is 5.73 Å². The normalized spacial score (nSPS) is 8.18. The number of halogens is 2. The van der Waals surface area contributed by atoms with Gasteiger partial charge in [-0.25, -0.2) is 0 Å². The van der Waals surface area contributed by atoms with Gasteiger partial charge in [-0.3, -0.25) is 5.10 Å². The van der Waals surface area contributed by atoms with Crippen LogP contribution in [-0.4, -0.2) is 16.7 Å². The number of aromatic nitrogens is 2. The predicted molar refractivity (Wildman–Crippen MR) is 50.6 cm³/mol. The van der Waals surface area contributed by atoms with Crippen molar-refractivity contribution in [1.82, 2.24) is 10.2 Å². The molecule has 1 heterocycles. The minimum Gasteiger partial charge on any atom is -0.330 e. The SMILES string of the molecule is Cc1cn[nH]c1CCN.Cl.Cl. The van der Waals surface area contributed by atoms with E-state index < -0.39 is 0 Å². The second kappa shape index (κ2) is 6.46. The summed E-state index contributed by atoms with van der Waals surface area (Å²) in [6.45, 7) is 2.71. The standard InChI is InChI=1S/C6H11N3.2ClH/c1-5-4-8-9-6(5)2-3-7;;/h4H,2-3,7H2,1H3,(H,8,9);2*1H. The van der Waals surface area contributed by atoms with Crippen molar-refractivity contribution in [3.63, 3.8) is 0 Å². The zero-order valence-electron chi connectivity index (χ0n) is 6.33. The van der Waals surface area contributed by atoms with Crippen LogP contribution in [0.15, 0.2) is 6.20 Å². The number of rotatable bonds is 2. The molecular weight excluding hydrogens is 185 g/mol. The van der Waals surface area contributed by atoms with Crippen molar-refractivity contribution in [2.75, 3.05) is 6.54 Å². The monoisotopic (exact) mass is 197 g/mol. The summed E-state index contributed by atoms with van der Waals surface area (Å²) in [5, 5.41) is 6.74. The van der Waals surface area contributed by atoms with Gasteiger partial charge in [0.2, 0.25) is 0 Å². The van der Waals surface area contributed by atoms with Crippen molar-refractivity contribution in [1.29, 1.82) is 0 Å². The van der Waals surface area contributed by atoms with Gasteiger partial charge in [0, 0.05) is 12.1 Å². The van der Waals surface area contributed by atoms with E-state index in [0.29, 0.717) is 6.54 Å². The minimum absolute atomic E-state index is 0. The van der Waals surface area contributed by atoms with Crippen LogP contribution in [-0.2, 0) is 6.42 Å². The molecule has 11 heavy (non-hydrogen) atoms. The highest BCUT2D eigenvalue weighted by Gasteiger charge is 1.95. The molecule has 0 spiro atoms. The molecule has 0 radical (unpaired) electrons. The summed E-state index contributed by atoms with van der Waals surface area (Å²) < 4.78 is 0. The summed E-state index contributed by atoms with van der Waals surface area (Å²) in [5.74, 6) is 0. The number of aryl methyl sites for hydroxylation is 1. The molecule has 0 atom stereocenters. The molecule has 0 saturated heterocycles. The Morgan fingerprint density at radius 2 is 2.18 bits per heavy atom. The molecule has 0 saturated carbocycles. The second-order valence-electron chi connectivity index (χ2n) is 2.07. The first-order chi connectivity index (χ1) is 4.34. The maximum absolute atomic E-state index is 5.34. The Bertz CT molecular complexity index is 188. The van der Waals surface area contributed by atoms with Gasteiger partial charge in [0.1, 0.15) is 0 Å². The Kier molecular flexibility index (Phi) is 7.84. The van der Waals surface area contributed by atoms with Crippen molar-refractivity contribution < 1.29 is 0 Å². The largest absolute Gasteiger partial charge is 0.330 e. The quantitative estimate of drug-likeness (QED) is 0.746. The van der Waals surface area contributed by atoms with E-state index in [1.54, 1.807) is 0 Å². The minimum atomic E-state index is 0. The van der Waals surface area contributed by atoms with Crippen LogP contribution >= 0.6 is 24.8 Å². The van der Waals surface area contributed by atoms with Crippen LogP contribution in [0, 0.1) is 6.92 Å². The molecule has 1 aromatic heterocycles. The van der Waals surface area contributed by atoms with Gasteiger partial charge in [-0.05, 0) is 19.0 Å². The molecule has 3 nitrogen and oxygen atoms in total. The average molecular weight is 198 g/mol. The van der Waals surface area contributed by atoms with E-state index in [9.17, 15) is 0 Å². The van der Waals surface area contributed by atoms with Crippen LogP contribution in [0.3, 0.4) is 0 Å². The van der Waals surface area contributed by atoms with Gasteiger partial charge in [0.25, 0.3) is 0 Å². The van der Waals surface area contributed by atoms with E-state index >= 15 is 0 Å². The predicted octanol–water partition coefficient (Wildman–Crippen LogP) is 1.06. The van der Waals surface area contributed by atoms with Gasteiger partial charge in [-0.1, -0.05) is 0 Å². The van der Waals surface area contributed by atoms with Crippen molar-refractivity contribution in [2.45, 2.75) is 13.3 Å². The van der Waals surface area contributed by atoms with Crippen molar-refractivity contribution in [3.05, 3.63) is 17.5 Å². The van der Waals surface area contributed by atoms with Crippen LogP contribution in [0.25, 0.3) is 0 Å². The number of hydrogen-bond donors (Lipinski definition) is 2. The summed E-state index contributed by atoms with van der Waals surface area (Å²) in [7, 11) is 0. The highest BCUT2D eigenvalue weighted by Crippen LogP contribution is 2.00. The van der Waals surface area contributed by atoms with E-state index in [1.807, 2.05) is 13.1 Å². The molecular formula is C6H13Cl2N3. The number of nitrogens with two attached hydrogens (primary N) is 1. The van der Waals surface area contributed by atoms with E-state index in [0.717, 1.165) is 12.1 Å². The Morgan fingerprint density at radius 3 is 2.55 bits per heavy atom. The highest BCUT2D eigenvalue weighted by molar-refractivity contribution is 5.85. The Balaban J connectivity index is 0. The molecule has 66 valence electrons. The Labute approximate surface area is 78.6 Å². The first-order valence-electron chi connectivity index (χ1n) is 3.03. The molecule has 0 bridgehead atoms. The summed E-state index contributed by atoms with van der Waals surface area (Å²) in [6.07, 6.45) is 2.71. The molecule has 1 aromatic rings. The van der Waals surface area contributed by atoms with Gasteiger partial charge in [-0.15, -0.1) is 24.8 Å². The third-order valence-corrected chi connectivity index (χ3v) is 1.33. The summed E-state index contributed by atoms with van der Waals surface area (Å²) in [5.41, 5.74) is 7.69. The van der Waals surface area contributed by atoms with Crippen molar-refractivity contribution >= 4 is 24.8 Å². The van der Waals surface area contributed by atoms with Gasteiger partial charge >= 0.3 is 0 Å². The zero-order chi connectivity index (χ0) is 6.69. The zero-order valence-corrected chi connectivity index (χ0v) is 7.97. The fraction of sp³-hybridized carbons (Fsp3) is 0.500. The average Bonchev–Trinajstić information content (AvgIpc) is 2.18.